The summed E-state index contributed by atoms with van der Waals surface area (Å²) in [6, 6.07) is 3.56. The van der Waals surface area contributed by atoms with Crippen LogP contribution in [0.15, 0.2) is 24.3 Å². The van der Waals surface area contributed by atoms with Crippen molar-refractivity contribution in [2.45, 2.75) is 71.0 Å². The number of amides is 3. The summed E-state index contributed by atoms with van der Waals surface area (Å²) in [4.78, 5) is 51.9. The smallest absolute Gasteiger partial charge is 0.329 e. The van der Waals surface area contributed by atoms with Crippen molar-refractivity contribution in [2.24, 2.45) is 23.3 Å². The summed E-state index contributed by atoms with van der Waals surface area (Å²) < 4.78 is 4.86. The van der Waals surface area contributed by atoms with Gasteiger partial charge in [-0.2, -0.15) is 0 Å². The molecule has 0 aliphatic heterocycles. The summed E-state index contributed by atoms with van der Waals surface area (Å²) in [7, 11) is 1.17. The van der Waals surface area contributed by atoms with Gasteiger partial charge < -0.3 is 31.7 Å². The normalized spacial score (nSPS) is 14.4. The number of aryl methyl sites for hydroxylation is 1. The number of hydrogen-bond donors (Lipinski definition) is 5. The third-order valence-electron chi connectivity index (χ3n) is 6.13. The van der Waals surface area contributed by atoms with Gasteiger partial charge in [-0.1, -0.05) is 32.4 Å². The number of nitrogens with one attached hydrogen (secondary N) is 1. The summed E-state index contributed by atoms with van der Waals surface area (Å²) in [6.07, 6.45) is 2.76. The Morgan fingerprint density at radius 3 is 2.16 bits per heavy atom. The van der Waals surface area contributed by atoms with Gasteiger partial charge in [0.15, 0.2) is 0 Å². The number of nitrogens with two attached hydrogens (primary N) is 2. The van der Waals surface area contributed by atoms with E-state index in [-0.39, 0.29) is 18.7 Å². The number of benzene rings is 1. The minimum absolute atomic E-state index is 0.0134. The fourth-order valence-corrected chi connectivity index (χ4v) is 3.84. The number of rotatable bonds is 15. The first-order chi connectivity index (χ1) is 17.4. The van der Waals surface area contributed by atoms with Crippen LogP contribution in [-0.2, 0) is 30.3 Å². The van der Waals surface area contributed by atoms with Gasteiger partial charge >= 0.3 is 5.97 Å². The number of imide groups is 1. The first kappa shape index (κ1) is 32.0. The number of methoxy groups -OCH3 is 1. The number of carbonyl (C=O) groups excluding carboxylic acids is 4. The highest BCUT2D eigenvalue weighted by Gasteiger charge is 2.41. The molecule has 1 rings (SSSR count). The molecular formula is C26H42N4O7. The van der Waals surface area contributed by atoms with Crippen LogP contribution in [0.1, 0.15) is 52.0 Å². The fourth-order valence-electron chi connectivity index (χ4n) is 3.84. The van der Waals surface area contributed by atoms with Crippen molar-refractivity contribution in [3.63, 3.8) is 0 Å². The molecule has 3 unspecified atom stereocenters. The number of aliphatic hydroxyl groups excluding tert-OH is 1. The summed E-state index contributed by atoms with van der Waals surface area (Å²) in [5.74, 6) is -3.77. The predicted molar refractivity (Wildman–Crippen MR) is 138 cm³/mol. The van der Waals surface area contributed by atoms with Crippen LogP contribution in [0, 0.1) is 11.8 Å². The molecule has 0 saturated carbocycles. The molecule has 0 aliphatic carbocycles. The molecule has 0 bridgehead atoms. The van der Waals surface area contributed by atoms with E-state index >= 15 is 0 Å². The number of unbranched alkanes of at least 4 members (excludes halogenated alkanes) is 2. The minimum atomic E-state index is -1.36. The molecule has 4 atom stereocenters. The van der Waals surface area contributed by atoms with Crippen LogP contribution >= 0.6 is 0 Å². The monoisotopic (exact) mass is 522 g/mol. The maximum atomic E-state index is 13.4. The van der Waals surface area contributed by atoms with Crippen LogP contribution in [0.4, 0.5) is 0 Å². The molecule has 0 saturated heterocycles. The van der Waals surface area contributed by atoms with Crippen molar-refractivity contribution in [3.05, 3.63) is 29.8 Å². The summed E-state index contributed by atoms with van der Waals surface area (Å²) in [6.45, 7) is 4.20. The van der Waals surface area contributed by atoms with Crippen molar-refractivity contribution in [1.82, 2.24) is 10.2 Å². The lowest BCUT2D eigenvalue weighted by atomic mass is 9.95. The topological polar surface area (TPSA) is 185 Å². The molecule has 0 spiro atoms. The highest BCUT2D eigenvalue weighted by molar-refractivity contribution is 6.01. The highest BCUT2D eigenvalue weighted by atomic mass is 16.5. The molecule has 37 heavy (non-hydrogen) atoms. The van der Waals surface area contributed by atoms with Crippen LogP contribution in [0.5, 0.6) is 5.75 Å². The number of nitrogens with zero attached hydrogens (tertiary/aromatic N) is 1. The van der Waals surface area contributed by atoms with Gasteiger partial charge in [-0.3, -0.25) is 19.3 Å². The highest BCUT2D eigenvalue weighted by Crippen LogP contribution is 2.19. The third kappa shape index (κ3) is 10.1. The van der Waals surface area contributed by atoms with Crippen molar-refractivity contribution < 1.29 is 34.1 Å². The Balaban J connectivity index is 2.94. The van der Waals surface area contributed by atoms with Crippen LogP contribution < -0.4 is 16.8 Å². The van der Waals surface area contributed by atoms with Crippen molar-refractivity contribution in [3.8, 4) is 5.75 Å². The summed E-state index contributed by atoms with van der Waals surface area (Å²) in [5.41, 5.74) is 12.7. The molecule has 0 aromatic heterocycles. The Labute approximate surface area is 218 Å². The summed E-state index contributed by atoms with van der Waals surface area (Å²) >= 11 is 0. The number of phenols is 1. The van der Waals surface area contributed by atoms with E-state index in [0.29, 0.717) is 12.8 Å². The molecule has 3 amide bonds. The molecule has 11 heteroatoms. The molecular weight excluding hydrogens is 480 g/mol. The zero-order chi connectivity index (χ0) is 28.1. The lowest BCUT2D eigenvalue weighted by Gasteiger charge is -2.34. The maximum Gasteiger partial charge on any atom is 0.329 e. The second kappa shape index (κ2) is 16.0. The second-order valence-electron chi connectivity index (χ2n) is 9.54. The first-order valence-electron chi connectivity index (χ1n) is 12.6. The van der Waals surface area contributed by atoms with E-state index in [4.69, 9.17) is 16.2 Å². The van der Waals surface area contributed by atoms with E-state index in [0.717, 1.165) is 23.3 Å². The van der Waals surface area contributed by atoms with Crippen molar-refractivity contribution >= 4 is 23.7 Å². The van der Waals surface area contributed by atoms with Gasteiger partial charge in [0, 0.05) is 25.5 Å². The molecule has 0 aliphatic rings. The molecule has 7 N–H and O–H groups in total. The zero-order valence-corrected chi connectivity index (χ0v) is 22.2. The number of phenolic OH excluding ortho intramolecular Hbond substituents is 1. The van der Waals surface area contributed by atoms with E-state index in [9.17, 15) is 29.4 Å². The molecule has 0 fully saturated rings. The molecule has 1 aromatic rings. The van der Waals surface area contributed by atoms with Gasteiger partial charge in [0.05, 0.1) is 19.2 Å². The Morgan fingerprint density at radius 2 is 1.65 bits per heavy atom. The number of esters is 1. The van der Waals surface area contributed by atoms with Gasteiger partial charge in [-0.05, 0) is 49.8 Å². The van der Waals surface area contributed by atoms with E-state index in [1.54, 1.807) is 26.0 Å². The number of hydrogen-bond acceptors (Lipinski definition) is 9. The molecule has 1 aromatic carbocycles. The fraction of sp³-hybridized carbons (Fsp3) is 0.615. The number of ether oxygens (including phenoxy) is 1. The van der Waals surface area contributed by atoms with E-state index < -0.39 is 60.3 Å². The number of aromatic hydroxyl groups is 1. The lowest BCUT2D eigenvalue weighted by molar-refractivity contribution is -0.163. The largest absolute Gasteiger partial charge is 0.508 e. The zero-order valence-electron chi connectivity index (χ0n) is 22.2. The van der Waals surface area contributed by atoms with Gasteiger partial charge in [-0.15, -0.1) is 0 Å². The number of carbonyl (C=O) groups is 4. The van der Waals surface area contributed by atoms with Crippen LogP contribution in [0.2, 0.25) is 0 Å². The second-order valence-corrected chi connectivity index (χ2v) is 9.54. The standard InChI is InChI=1S/C26H42N4O7/c1-16(2)23(26(36)37-4)30(25(35)22(28)19(15-31)14-29-24(34)17(3)27)21(33)9-7-5-6-8-18-10-12-20(32)13-11-18/h10-13,16-17,19,22-23,31-32H,5-9,14-15,27-28H2,1-4H3,(H,29,34)/t17-,19?,22?,23?/m0/s1. The van der Waals surface area contributed by atoms with Crippen LogP contribution in [-0.4, -0.2) is 77.2 Å². The quantitative estimate of drug-likeness (QED) is 0.161. The van der Waals surface area contributed by atoms with Gasteiger partial charge in [-0.25, -0.2) is 4.79 Å². The molecule has 0 heterocycles. The maximum absolute atomic E-state index is 13.4. The van der Waals surface area contributed by atoms with Gasteiger partial charge in [0.2, 0.25) is 17.7 Å². The molecule has 0 radical (unpaired) electrons. The van der Waals surface area contributed by atoms with E-state index in [1.807, 2.05) is 12.1 Å². The van der Waals surface area contributed by atoms with Crippen molar-refractivity contribution in [1.29, 1.82) is 0 Å². The minimum Gasteiger partial charge on any atom is -0.508 e. The average Bonchev–Trinajstić information content (AvgIpc) is 2.86. The molecule has 208 valence electrons. The SMILES string of the molecule is COC(=O)C(C(C)C)N(C(=O)CCCCCc1ccc(O)cc1)C(=O)C(N)C(CO)CNC(=O)[C@H](C)N. The van der Waals surface area contributed by atoms with Gasteiger partial charge in [0.25, 0.3) is 0 Å². The predicted octanol–water partition coefficient (Wildman–Crippen LogP) is 0.447. The Hall–Kier alpha value is -3.02. The first-order valence-corrected chi connectivity index (χ1v) is 12.6. The van der Waals surface area contributed by atoms with E-state index in [2.05, 4.69) is 5.32 Å². The van der Waals surface area contributed by atoms with Crippen molar-refractivity contribution in [2.75, 3.05) is 20.3 Å². The Bertz CT molecular complexity index is 889. The third-order valence-corrected chi connectivity index (χ3v) is 6.13. The van der Waals surface area contributed by atoms with Crippen LogP contribution in [0.25, 0.3) is 0 Å². The summed E-state index contributed by atoms with van der Waals surface area (Å²) in [5, 5.41) is 21.7. The van der Waals surface area contributed by atoms with Crippen LogP contribution in [0.3, 0.4) is 0 Å². The Kier molecular flexibility index (Phi) is 13.8. The van der Waals surface area contributed by atoms with E-state index in [1.165, 1.54) is 14.0 Å². The molecule has 11 nitrogen and oxygen atoms in total. The number of aliphatic hydroxyl groups is 1. The van der Waals surface area contributed by atoms with Gasteiger partial charge in [0.1, 0.15) is 11.8 Å². The average molecular weight is 523 g/mol. The lowest BCUT2D eigenvalue weighted by Crippen LogP contribution is -2.59. The Morgan fingerprint density at radius 1 is 1.03 bits per heavy atom.